The molecule has 0 atom stereocenters. The molecule has 6 heteroatoms. The molecular formula is C21H18N4O2. The Hall–Kier alpha value is -3.67. The van der Waals surface area contributed by atoms with E-state index in [1.165, 1.54) is 0 Å². The van der Waals surface area contributed by atoms with Gasteiger partial charge in [-0.15, -0.1) is 0 Å². The number of carbonyl (C=O) groups is 1. The summed E-state index contributed by atoms with van der Waals surface area (Å²) < 4.78 is 7.07. The Balaban J connectivity index is 1.73. The lowest BCUT2D eigenvalue weighted by Gasteiger charge is -2.15. The van der Waals surface area contributed by atoms with E-state index in [2.05, 4.69) is 10.1 Å². The van der Waals surface area contributed by atoms with E-state index in [-0.39, 0.29) is 5.91 Å². The van der Waals surface area contributed by atoms with Gasteiger partial charge in [-0.1, -0.05) is 18.2 Å². The number of furan rings is 1. The average molecular weight is 358 g/mol. The summed E-state index contributed by atoms with van der Waals surface area (Å²) in [5, 5.41) is 4.66. The lowest BCUT2D eigenvalue weighted by molar-refractivity contribution is 0.0776. The standard InChI is InChI=1S/C21H18N4O2/c1-24(14-18-10-6-12-27-18)21(26)19-15-25(17-8-3-2-4-9-17)23-20(19)16-7-5-11-22-13-16/h2-13,15H,14H2,1H3. The van der Waals surface area contributed by atoms with Crippen LogP contribution in [0, 0.1) is 0 Å². The maximum absolute atomic E-state index is 13.1. The maximum atomic E-state index is 13.1. The topological polar surface area (TPSA) is 64.2 Å². The Morgan fingerprint density at radius 3 is 2.67 bits per heavy atom. The fraction of sp³-hybridized carbons (Fsp3) is 0.0952. The third-order valence-corrected chi connectivity index (χ3v) is 4.22. The molecule has 4 aromatic rings. The minimum absolute atomic E-state index is 0.132. The van der Waals surface area contributed by atoms with Crippen LogP contribution in [0.15, 0.2) is 83.9 Å². The molecule has 0 spiro atoms. The van der Waals surface area contributed by atoms with E-state index in [0.717, 1.165) is 17.0 Å². The Bertz CT molecular complexity index is 1020. The van der Waals surface area contributed by atoms with Crippen molar-refractivity contribution in [1.29, 1.82) is 0 Å². The quantitative estimate of drug-likeness (QED) is 0.544. The van der Waals surface area contributed by atoms with Gasteiger partial charge in [0.25, 0.3) is 5.91 Å². The number of hydrogen-bond acceptors (Lipinski definition) is 4. The van der Waals surface area contributed by atoms with Gasteiger partial charge in [-0.3, -0.25) is 9.78 Å². The van der Waals surface area contributed by atoms with Gasteiger partial charge in [-0.25, -0.2) is 4.68 Å². The van der Waals surface area contributed by atoms with Gasteiger partial charge >= 0.3 is 0 Å². The SMILES string of the molecule is CN(Cc1ccco1)C(=O)c1cn(-c2ccccc2)nc1-c1cccnc1. The normalized spacial score (nSPS) is 10.7. The Kier molecular flexibility index (Phi) is 4.53. The number of nitrogens with zero attached hydrogens (tertiary/aromatic N) is 4. The molecule has 0 fully saturated rings. The number of rotatable bonds is 5. The molecular weight excluding hydrogens is 340 g/mol. The molecule has 1 amide bonds. The molecule has 3 aromatic heterocycles. The Morgan fingerprint density at radius 1 is 1.11 bits per heavy atom. The monoisotopic (exact) mass is 358 g/mol. The van der Waals surface area contributed by atoms with E-state index in [4.69, 9.17) is 4.42 Å². The summed E-state index contributed by atoms with van der Waals surface area (Å²) in [5.41, 5.74) is 2.79. The molecule has 0 bridgehead atoms. The summed E-state index contributed by atoms with van der Waals surface area (Å²) >= 11 is 0. The van der Waals surface area contributed by atoms with Gasteiger partial charge in [-0.2, -0.15) is 5.10 Å². The number of para-hydroxylation sites is 1. The number of benzene rings is 1. The zero-order valence-corrected chi connectivity index (χ0v) is 14.8. The molecule has 1 aromatic carbocycles. The third kappa shape index (κ3) is 3.50. The Morgan fingerprint density at radius 2 is 1.96 bits per heavy atom. The van der Waals surface area contributed by atoms with E-state index < -0.39 is 0 Å². The number of amides is 1. The van der Waals surface area contributed by atoms with Gasteiger partial charge < -0.3 is 9.32 Å². The lowest BCUT2D eigenvalue weighted by atomic mass is 10.1. The van der Waals surface area contributed by atoms with Crippen LogP contribution in [0.2, 0.25) is 0 Å². The van der Waals surface area contributed by atoms with Crippen LogP contribution in [0.1, 0.15) is 16.1 Å². The molecule has 0 unspecified atom stereocenters. The zero-order chi connectivity index (χ0) is 18.6. The van der Waals surface area contributed by atoms with Crippen LogP contribution in [-0.2, 0) is 6.54 Å². The summed E-state index contributed by atoms with van der Waals surface area (Å²) in [5.74, 6) is 0.594. The smallest absolute Gasteiger partial charge is 0.257 e. The molecule has 0 aliphatic heterocycles. The molecule has 4 rings (SSSR count). The van der Waals surface area contributed by atoms with Crippen LogP contribution >= 0.6 is 0 Å². The second-order valence-electron chi connectivity index (χ2n) is 6.15. The minimum atomic E-state index is -0.132. The fourth-order valence-electron chi connectivity index (χ4n) is 2.87. The predicted molar refractivity (Wildman–Crippen MR) is 101 cm³/mol. The van der Waals surface area contributed by atoms with Gasteiger partial charge in [0, 0.05) is 31.2 Å². The van der Waals surface area contributed by atoms with Crippen molar-refractivity contribution in [3.8, 4) is 16.9 Å². The van der Waals surface area contributed by atoms with Crippen molar-refractivity contribution in [2.45, 2.75) is 6.54 Å². The highest BCUT2D eigenvalue weighted by Crippen LogP contribution is 2.24. The fourth-order valence-corrected chi connectivity index (χ4v) is 2.87. The van der Waals surface area contributed by atoms with Crippen molar-refractivity contribution in [3.05, 3.63) is 90.8 Å². The van der Waals surface area contributed by atoms with E-state index in [1.54, 1.807) is 41.5 Å². The van der Waals surface area contributed by atoms with Crippen LogP contribution in [0.25, 0.3) is 16.9 Å². The number of aromatic nitrogens is 3. The van der Waals surface area contributed by atoms with E-state index in [0.29, 0.717) is 17.8 Å². The minimum Gasteiger partial charge on any atom is -0.467 e. The summed E-state index contributed by atoms with van der Waals surface area (Å²) in [6.45, 7) is 0.384. The molecule has 0 N–H and O–H groups in total. The highest BCUT2D eigenvalue weighted by Gasteiger charge is 2.22. The predicted octanol–water partition coefficient (Wildman–Crippen LogP) is 3.80. The number of pyridine rings is 1. The van der Waals surface area contributed by atoms with Crippen LogP contribution in [0.5, 0.6) is 0 Å². The van der Waals surface area contributed by atoms with Crippen molar-refractivity contribution in [1.82, 2.24) is 19.7 Å². The summed E-state index contributed by atoms with van der Waals surface area (Å²) in [6.07, 6.45) is 6.77. The number of hydrogen-bond donors (Lipinski definition) is 0. The summed E-state index contributed by atoms with van der Waals surface area (Å²) in [4.78, 5) is 18.9. The molecule has 27 heavy (non-hydrogen) atoms. The van der Waals surface area contributed by atoms with E-state index in [9.17, 15) is 4.79 Å². The van der Waals surface area contributed by atoms with Crippen LogP contribution in [0.3, 0.4) is 0 Å². The lowest BCUT2D eigenvalue weighted by Crippen LogP contribution is -2.26. The van der Waals surface area contributed by atoms with Gasteiger partial charge in [0.15, 0.2) is 0 Å². The van der Waals surface area contributed by atoms with Crippen LogP contribution in [0.4, 0.5) is 0 Å². The van der Waals surface area contributed by atoms with Crippen molar-refractivity contribution < 1.29 is 9.21 Å². The first-order chi connectivity index (χ1) is 13.2. The highest BCUT2D eigenvalue weighted by molar-refractivity contribution is 5.99. The first-order valence-electron chi connectivity index (χ1n) is 8.56. The second kappa shape index (κ2) is 7.29. The molecule has 0 saturated heterocycles. The highest BCUT2D eigenvalue weighted by atomic mass is 16.3. The second-order valence-corrected chi connectivity index (χ2v) is 6.15. The van der Waals surface area contributed by atoms with E-state index >= 15 is 0 Å². The Labute approximate surface area is 156 Å². The van der Waals surface area contributed by atoms with Gasteiger partial charge in [-0.05, 0) is 36.4 Å². The zero-order valence-electron chi connectivity index (χ0n) is 14.8. The largest absolute Gasteiger partial charge is 0.467 e. The third-order valence-electron chi connectivity index (χ3n) is 4.22. The average Bonchev–Trinajstić information content (AvgIpc) is 3.39. The molecule has 3 heterocycles. The first kappa shape index (κ1) is 16.8. The van der Waals surface area contributed by atoms with Crippen LogP contribution in [-0.4, -0.2) is 32.6 Å². The number of carbonyl (C=O) groups excluding carboxylic acids is 1. The molecule has 0 aliphatic carbocycles. The van der Waals surface area contributed by atoms with Crippen molar-refractivity contribution in [3.63, 3.8) is 0 Å². The first-order valence-corrected chi connectivity index (χ1v) is 8.56. The van der Waals surface area contributed by atoms with Gasteiger partial charge in [0.2, 0.25) is 0 Å². The molecule has 134 valence electrons. The van der Waals surface area contributed by atoms with Gasteiger partial charge in [0.1, 0.15) is 11.5 Å². The van der Waals surface area contributed by atoms with Crippen molar-refractivity contribution >= 4 is 5.91 Å². The van der Waals surface area contributed by atoms with E-state index in [1.807, 2.05) is 54.6 Å². The molecule has 0 radical (unpaired) electrons. The molecule has 0 saturated carbocycles. The maximum Gasteiger partial charge on any atom is 0.257 e. The van der Waals surface area contributed by atoms with Crippen molar-refractivity contribution in [2.75, 3.05) is 7.05 Å². The molecule has 6 nitrogen and oxygen atoms in total. The van der Waals surface area contributed by atoms with Crippen molar-refractivity contribution in [2.24, 2.45) is 0 Å². The summed E-state index contributed by atoms with van der Waals surface area (Å²) in [6, 6.07) is 17.1. The van der Waals surface area contributed by atoms with Crippen LogP contribution < -0.4 is 0 Å². The molecule has 0 aliphatic rings. The summed E-state index contributed by atoms with van der Waals surface area (Å²) in [7, 11) is 1.75. The van der Waals surface area contributed by atoms with Gasteiger partial charge in [0.05, 0.1) is 24.1 Å².